The lowest BCUT2D eigenvalue weighted by Gasteiger charge is -2.34. The van der Waals surface area contributed by atoms with E-state index in [2.05, 4.69) is 5.32 Å². The summed E-state index contributed by atoms with van der Waals surface area (Å²) in [7, 11) is -2.77. The summed E-state index contributed by atoms with van der Waals surface area (Å²) in [6, 6.07) is 28.2. The summed E-state index contributed by atoms with van der Waals surface area (Å²) in [6.07, 6.45) is 0.236. The van der Waals surface area contributed by atoms with Crippen LogP contribution in [-0.4, -0.2) is 50.9 Å². The van der Waals surface area contributed by atoms with Crippen LogP contribution in [0.3, 0.4) is 0 Å². The SMILES string of the molecule is COc1ccc(S(=O)(=O)N(CC(=O)N(Cc2ccccc2C)[C@@H](Cc2ccccc2)C(=O)NC(C)C)c2cccc(Cl)c2)cc1. The van der Waals surface area contributed by atoms with Gasteiger partial charge in [0.1, 0.15) is 18.3 Å². The van der Waals surface area contributed by atoms with Crippen molar-refractivity contribution in [1.82, 2.24) is 10.2 Å². The highest BCUT2D eigenvalue weighted by atomic mass is 35.5. The van der Waals surface area contributed by atoms with E-state index in [0.29, 0.717) is 10.8 Å². The lowest BCUT2D eigenvalue weighted by molar-refractivity contribution is -0.140. The van der Waals surface area contributed by atoms with E-state index >= 15 is 0 Å². The molecule has 1 atom stereocenters. The predicted molar refractivity (Wildman–Crippen MR) is 178 cm³/mol. The number of benzene rings is 4. The molecular formula is C35H38ClN3O5S. The molecule has 0 aromatic heterocycles. The van der Waals surface area contributed by atoms with Crippen LogP contribution in [0.15, 0.2) is 108 Å². The summed E-state index contributed by atoms with van der Waals surface area (Å²) in [6.45, 7) is 5.17. The Morgan fingerprint density at radius 1 is 0.889 bits per heavy atom. The summed E-state index contributed by atoms with van der Waals surface area (Å²) >= 11 is 6.29. The molecule has 0 radical (unpaired) electrons. The number of hydrogen-bond acceptors (Lipinski definition) is 5. The highest BCUT2D eigenvalue weighted by Crippen LogP contribution is 2.28. The average molecular weight is 648 g/mol. The lowest BCUT2D eigenvalue weighted by atomic mass is 10.0. The molecular weight excluding hydrogens is 610 g/mol. The monoisotopic (exact) mass is 647 g/mol. The second-order valence-corrected chi connectivity index (χ2v) is 13.3. The number of halogens is 1. The first-order valence-electron chi connectivity index (χ1n) is 14.6. The molecule has 0 fully saturated rings. The molecule has 0 aliphatic carbocycles. The number of anilines is 1. The van der Waals surface area contributed by atoms with Crippen LogP contribution in [0.4, 0.5) is 5.69 Å². The first-order valence-corrected chi connectivity index (χ1v) is 16.4. The first kappa shape index (κ1) is 33.6. The highest BCUT2D eigenvalue weighted by Gasteiger charge is 2.35. The molecule has 8 nitrogen and oxygen atoms in total. The topological polar surface area (TPSA) is 96.0 Å². The number of carbonyl (C=O) groups is 2. The zero-order valence-corrected chi connectivity index (χ0v) is 27.4. The molecule has 0 bridgehead atoms. The normalized spacial score (nSPS) is 12.0. The van der Waals surface area contributed by atoms with Crippen molar-refractivity contribution in [2.45, 2.75) is 50.7 Å². The first-order chi connectivity index (χ1) is 21.5. The molecule has 4 aromatic rings. The fourth-order valence-electron chi connectivity index (χ4n) is 4.94. The molecule has 0 aliphatic heterocycles. The smallest absolute Gasteiger partial charge is 0.264 e. The Bertz CT molecular complexity index is 1710. The van der Waals surface area contributed by atoms with Gasteiger partial charge in [0.25, 0.3) is 10.0 Å². The maximum atomic E-state index is 14.5. The molecule has 0 unspecified atom stereocenters. The maximum absolute atomic E-state index is 14.5. The third-order valence-electron chi connectivity index (χ3n) is 7.33. The van der Waals surface area contributed by atoms with Crippen LogP contribution >= 0.6 is 11.6 Å². The Kier molecular flexibility index (Phi) is 11.3. The maximum Gasteiger partial charge on any atom is 0.264 e. The van der Waals surface area contributed by atoms with E-state index in [4.69, 9.17) is 16.3 Å². The Balaban J connectivity index is 1.81. The van der Waals surface area contributed by atoms with Crippen LogP contribution in [0, 0.1) is 6.92 Å². The minimum absolute atomic E-state index is 0.0279. The van der Waals surface area contributed by atoms with Crippen LogP contribution in [0.2, 0.25) is 5.02 Å². The molecule has 10 heteroatoms. The number of sulfonamides is 1. The van der Waals surface area contributed by atoms with Gasteiger partial charge in [-0.15, -0.1) is 0 Å². The van der Waals surface area contributed by atoms with E-state index in [1.807, 2.05) is 75.4 Å². The van der Waals surface area contributed by atoms with Crippen LogP contribution in [0.5, 0.6) is 5.75 Å². The van der Waals surface area contributed by atoms with E-state index in [9.17, 15) is 18.0 Å². The van der Waals surface area contributed by atoms with Crippen molar-refractivity contribution in [2.24, 2.45) is 0 Å². The standard InChI is InChI=1S/C35H38ClN3O5S/c1-25(2)37-35(41)33(21-27-12-6-5-7-13-27)38(23-28-14-9-8-11-26(28)3)34(40)24-39(30-16-10-15-29(36)22-30)45(42,43)32-19-17-31(44-4)18-20-32/h5-20,22,25,33H,21,23-24H2,1-4H3,(H,37,41)/t33-/m0/s1. The van der Waals surface area contributed by atoms with Gasteiger partial charge in [0, 0.05) is 24.0 Å². The average Bonchev–Trinajstić information content (AvgIpc) is 3.02. The van der Waals surface area contributed by atoms with Gasteiger partial charge < -0.3 is 15.0 Å². The van der Waals surface area contributed by atoms with Gasteiger partial charge in [0.05, 0.1) is 17.7 Å². The number of aryl methyl sites for hydroxylation is 1. The summed E-state index contributed by atoms with van der Waals surface area (Å²) in [4.78, 5) is 29.8. The molecule has 1 N–H and O–H groups in total. The molecule has 0 spiro atoms. The van der Waals surface area contributed by atoms with Crippen molar-refractivity contribution in [3.8, 4) is 5.75 Å². The molecule has 0 heterocycles. The van der Waals surface area contributed by atoms with Gasteiger partial charge in [0.15, 0.2) is 0 Å². The van der Waals surface area contributed by atoms with Gasteiger partial charge >= 0.3 is 0 Å². The minimum Gasteiger partial charge on any atom is -0.497 e. The molecule has 4 aromatic carbocycles. The van der Waals surface area contributed by atoms with E-state index in [0.717, 1.165) is 21.0 Å². The number of ether oxygens (including phenoxy) is 1. The van der Waals surface area contributed by atoms with Gasteiger partial charge in [0.2, 0.25) is 11.8 Å². The van der Waals surface area contributed by atoms with Crippen molar-refractivity contribution in [3.63, 3.8) is 0 Å². The summed E-state index contributed by atoms with van der Waals surface area (Å²) in [5.74, 6) is -0.387. The number of carbonyl (C=O) groups excluding carboxylic acids is 2. The van der Waals surface area contributed by atoms with Gasteiger partial charge in [-0.2, -0.15) is 0 Å². The van der Waals surface area contributed by atoms with E-state index in [1.54, 1.807) is 30.3 Å². The van der Waals surface area contributed by atoms with Crippen LogP contribution in [0.1, 0.15) is 30.5 Å². The Morgan fingerprint density at radius 3 is 2.18 bits per heavy atom. The zero-order valence-electron chi connectivity index (χ0n) is 25.8. The van der Waals surface area contributed by atoms with Crippen molar-refractivity contribution < 1.29 is 22.7 Å². The molecule has 0 saturated carbocycles. The Hall–Kier alpha value is -4.34. The number of nitrogens with zero attached hydrogens (tertiary/aromatic N) is 2. The van der Waals surface area contributed by atoms with Gasteiger partial charge in [-0.3, -0.25) is 13.9 Å². The Labute approximate surface area is 270 Å². The number of nitrogens with one attached hydrogen (secondary N) is 1. The summed E-state index contributed by atoms with van der Waals surface area (Å²) in [5.41, 5.74) is 2.86. The van der Waals surface area contributed by atoms with Crippen molar-refractivity contribution in [2.75, 3.05) is 18.0 Å². The van der Waals surface area contributed by atoms with Crippen molar-refractivity contribution in [3.05, 3.63) is 125 Å². The summed E-state index contributed by atoms with van der Waals surface area (Å²) < 4.78 is 34.5. The van der Waals surface area contributed by atoms with Gasteiger partial charge in [-0.05, 0) is 79.9 Å². The lowest BCUT2D eigenvalue weighted by Crippen LogP contribution is -2.54. The molecule has 4 rings (SSSR count). The number of methoxy groups -OCH3 is 1. The highest BCUT2D eigenvalue weighted by molar-refractivity contribution is 7.92. The van der Waals surface area contributed by atoms with Crippen LogP contribution in [0.25, 0.3) is 0 Å². The molecule has 0 aliphatic rings. The largest absolute Gasteiger partial charge is 0.497 e. The second kappa shape index (κ2) is 15.1. The molecule has 45 heavy (non-hydrogen) atoms. The van der Waals surface area contributed by atoms with E-state index < -0.39 is 28.5 Å². The van der Waals surface area contributed by atoms with Crippen LogP contribution < -0.4 is 14.4 Å². The van der Waals surface area contributed by atoms with Crippen molar-refractivity contribution >= 4 is 39.1 Å². The third kappa shape index (κ3) is 8.65. The quantitative estimate of drug-likeness (QED) is 0.192. The fourth-order valence-corrected chi connectivity index (χ4v) is 6.53. The molecule has 0 saturated heterocycles. The Morgan fingerprint density at radius 2 is 1.56 bits per heavy atom. The van der Waals surface area contributed by atoms with E-state index in [1.165, 1.54) is 30.2 Å². The predicted octanol–water partition coefficient (Wildman–Crippen LogP) is 6.02. The van der Waals surface area contributed by atoms with E-state index in [-0.39, 0.29) is 35.5 Å². The number of rotatable bonds is 13. The number of hydrogen-bond donors (Lipinski definition) is 1. The number of amides is 2. The molecule has 236 valence electrons. The summed E-state index contributed by atoms with van der Waals surface area (Å²) in [5, 5.41) is 3.27. The zero-order chi connectivity index (χ0) is 32.6. The third-order valence-corrected chi connectivity index (χ3v) is 9.35. The second-order valence-electron chi connectivity index (χ2n) is 11.0. The minimum atomic E-state index is -4.26. The molecule has 2 amide bonds. The van der Waals surface area contributed by atoms with Gasteiger partial charge in [-0.25, -0.2) is 8.42 Å². The van der Waals surface area contributed by atoms with Crippen molar-refractivity contribution in [1.29, 1.82) is 0 Å². The fraction of sp³-hybridized carbons (Fsp3) is 0.257. The van der Waals surface area contributed by atoms with Gasteiger partial charge in [-0.1, -0.05) is 72.3 Å². The van der Waals surface area contributed by atoms with Crippen LogP contribution in [-0.2, 0) is 32.6 Å².